The second-order valence-corrected chi connectivity index (χ2v) is 12.8. The molecule has 8 nitrogen and oxygen atoms in total. The number of ether oxygens (including phenoxy) is 1. The van der Waals surface area contributed by atoms with Crippen molar-refractivity contribution in [1.29, 1.82) is 0 Å². The van der Waals surface area contributed by atoms with Crippen LogP contribution in [0, 0.1) is 0 Å². The number of H-pyrrole nitrogens is 1. The van der Waals surface area contributed by atoms with Crippen molar-refractivity contribution >= 4 is 34.0 Å². The standard InChI is InChI=1S/C20H29N5O.C13H18N2/c1-4-14-10-25(20-18(14)19(21)22-12-23-20)17-9-8-16(26-17)11-24(13(2)3)15-6-5-7-15;1-5-12-14-10-7-6-9(13(2,3)4)8-11(10)15-12/h4,10,12-13,15-17H,1,5-9,11H2,2-3H3,(H2,21,22,23);6-8H,5H2,1-4H3,(H,14,15). The van der Waals surface area contributed by atoms with Crippen molar-refractivity contribution in [1.82, 2.24) is 29.4 Å². The van der Waals surface area contributed by atoms with Crippen LogP contribution < -0.4 is 5.73 Å². The topological polar surface area (TPSA) is 97.9 Å². The maximum absolute atomic E-state index is 6.44. The molecule has 220 valence electrons. The van der Waals surface area contributed by atoms with Crippen molar-refractivity contribution in [3.8, 4) is 0 Å². The van der Waals surface area contributed by atoms with Gasteiger partial charge in [-0.15, -0.1) is 0 Å². The second-order valence-electron chi connectivity index (χ2n) is 12.8. The summed E-state index contributed by atoms with van der Waals surface area (Å²) in [6, 6.07) is 7.79. The number of nitrogens with two attached hydrogens (primary N) is 1. The van der Waals surface area contributed by atoms with E-state index in [2.05, 4.69) is 95.7 Å². The van der Waals surface area contributed by atoms with Crippen LogP contribution in [0.1, 0.15) is 96.8 Å². The summed E-state index contributed by atoms with van der Waals surface area (Å²) in [5, 5.41) is 0.868. The van der Waals surface area contributed by atoms with E-state index < -0.39 is 0 Å². The Balaban J connectivity index is 0.000000191. The molecule has 1 aliphatic carbocycles. The molecule has 0 bridgehead atoms. The number of hydrogen-bond acceptors (Lipinski definition) is 6. The number of imidazole rings is 1. The zero-order valence-corrected chi connectivity index (χ0v) is 25.7. The first kappa shape index (κ1) is 29.3. The molecule has 3 aromatic heterocycles. The van der Waals surface area contributed by atoms with Crippen molar-refractivity contribution in [3.05, 3.63) is 54.3 Å². The predicted molar refractivity (Wildman–Crippen MR) is 169 cm³/mol. The average molecular weight is 558 g/mol. The van der Waals surface area contributed by atoms with Gasteiger partial charge in [0.2, 0.25) is 0 Å². The molecular weight excluding hydrogens is 510 g/mol. The van der Waals surface area contributed by atoms with E-state index in [4.69, 9.17) is 10.5 Å². The van der Waals surface area contributed by atoms with Crippen molar-refractivity contribution in [2.75, 3.05) is 12.3 Å². The number of aromatic amines is 1. The number of nitrogens with zero attached hydrogens (tertiary/aromatic N) is 5. The van der Waals surface area contributed by atoms with Crippen LogP contribution in [0.5, 0.6) is 0 Å². The highest BCUT2D eigenvalue weighted by Gasteiger charge is 2.34. The summed E-state index contributed by atoms with van der Waals surface area (Å²) < 4.78 is 8.54. The number of nitrogen functional groups attached to an aromatic ring is 1. The van der Waals surface area contributed by atoms with Crippen molar-refractivity contribution < 1.29 is 4.74 Å². The van der Waals surface area contributed by atoms with Gasteiger partial charge in [0.05, 0.1) is 22.5 Å². The first-order valence-corrected chi connectivity index (χ1v) is 15.2. The molecule has 4 aromatic rings. The van der Waals surface area contributed by atoms with Gasteiger partial charge in [-0.1, -0.05) is 52.8 Å². The van der Waals surface area contributed by atoms with Gasteiger partial charge in [0.1, 0.15) is 29.8 Å². The molecule has 6 rings (SSSR count). The molecule has 0 radical (unpaired) electrons. The molecule has 0 spiro atoms. The minimum Gasteiger partial charge on any atom is -0.383 e. The predicted octanol–water partition coefficient (Wildman–Crippen LogP) is 7.02. The third-order valence-corrected chi connectivity index (χ3v) is 8.64. The van der Waals surface area contributed by atoms with Crippen LogP contribution >= 0.6 is 0 Å². The Bertz CT molecular complexity index is 1490. The Kier molecular flexibility index (Phi) is 8.52. The number of fused-ring (bicyclic) bond motifs is 2. The average Bonchev–Trinajstić information content (AvgIpc) is 3.63. The summed E-state index contributed by atoms with van der Waals surface area (Å²) in [7, 11) is 0. The fraction of sp³-hybridized carbons (Fsp3) is 0.545. The molecule has 1 saturated heterocycles. The lowest BCUT2D eigenvalue weighted by atomic mass is 9.87. The molecule has 41 heavy (non-hydrogen) atoms. The monoisotopic (exact) mass is 557 g/mol. The quantitative estimate of drug-likeness (QED) is 0.253. The van der Waals surface area contributed by atoms with E-state index in [1.54, 1.807) is 0 Å². The van der Waals surface area contributed by atoms with E-state index in [0.717, 1.165) is 65.3 Å². The smallest absolute Gasteiger partial charge is 0.148 e. The summed E-state index contributed by atoms with van der Waals surface area (Å²) in [6.45, 7) is 18.3. The number of hydrogen-bond donors (Lipinski definition) is 2. The zero-order valence-electron chi connectivity index (χ0n) is 25.7. The van der Waals surface area contributed by atoms with Gasteiger partial charge >= 0.3 is 0 Å². The van der Waals surface area contributed by atoms with E-state index in [1.807, 2.05) is 12.3 Å². The number of benzene rings is 1. The Hall–Kier alpha value is -3.23. The Morgan fingerprint density at radius 2 is 1.98 bits per heavy atom. The van der Waals surface area contributed by atoms with Crippen molar-refractivity contribution in [3.63, 3.8) is 0 Å². The molecule has 2 aliphatic rings. The van der Waals surface area contributed by atoms with Gasteiger partial charge in [-0.25, -0.2) is 15.0 Å². The number of anilines is 1. The van der Waals surface area contributed by atoms with Crippen LogP contribution in [0.25, 0.3) is 28.1 Å². The number of nitrogens with one attached hydrogen (secondary N) is 1. The normalized spacial score (nSPS) is 19.6. The Morgan fingerprint density at radius 3 is 2.61 bits per heavy atom. The highest BCUT2D eigenvalue weighted by atomic mass is 16.5. The molecule has 2 atom stereocenters. The highest BCUT2D eigenvalue weighted by Crippen LogP contribution is 2.36. The third-order valence-electron chi connectivity index (χ3n) is 8.64. The molecule has 3 N–H and O–H groups in total. The molecular formula is C33H47N7O. The summed E-state index contributed by atoms with van der Waals surface area (Å²) in [5.74, 6) is 1.56. The van der Waals surface area contributed by atoms with Gasteiger partial charge in [-0.3, -0.25) is 4.90 Å². The molecule has 0 amide bonds. The molecule has 2 unspecified atom stereocenters. The minimum atomic E-state index is 0.000836. The molecule has 1 aliphatic heterocycles. The fourth-order valence-corrected chi connectivity index (χ4v) is 5.97. The minimum absolute atomic E-state index is 0.000836. The lowest BCUT2D eigenvalue weighted by Crippen LogP contribution is -2.47. The van der Waals surface area contributed by atoms with E-state index in [9.17, 15) is 0 Å². The van der Waals surface area contributed by atoms with Crippen LogP contribution in [0.4, 0.5) is 5.82 Å². The maximum Gasteiger partial charge on any atom is 0.148 e. The summed E-state index contributed by atoms with van der Waals surface area (Å²) in [4.78, 5) is 19.0. The Labute approximate surface area is 244 Å². The first-order valence-electron chi connectivity index (χ1n) is 15.2. The van der Waals surface area contributed by atoms with Crippen LogP contribution in [0.3, 0.4) is 0 Å². The lowest BCUT2D eigenvalue weighted by Gasteiger charge is -2.41. The van der Waals surface area contributed by atoms with E-state index in [-0.39, 0.29) is 17.7 Å². The van der Waals surface area contributed by atoms with Gasteiger partial charge in [-0.2, -0.15) is 0 Å². The van der Waals surface area contributed by atoms with Gasteiger partial charge in [0, 0.05) is 36.8 Å². The number of aryl methyl sites for hydroxylation is 1. The SMILES string of the molecule is C=Cc1cn(C2CCC(CN(C(C)C)C3CCC3)O2)c2ncnc(N)c12.CCc1nc2ccc(C(C)(C)C)cc2[nH]1. The van der Waals surface area contributed by atoms with E-state index in [0.29, 0.717) is 11.9 Å². The Morgan fingerprint density at radius 1 is 1.20 bits per heavy atom. The van der Waals surface area contributed by atoms with Crippen LogP contribution in [-0.2, 0) is 16.6 Å². The van der Waals surface area contributed by atoms with Gasteiger partial charge < -0.3 is 20.0 Å². The molecule has 2 fully saturated rings. The first-order chi connectivity index (χ1) is 19.6. The van der Waals surface area contributed by atoms with E-state index in [1.165, 1.54) is 31.2 Å². The van der Waals surface area contributed by atoms with Crippen LogP contribution in [0.15, 0.2) is 37.3 Å². The number of rotatable bonds is 7. The number of aromatic nitrogens is 5. The summed E-state index contributed by atoms with van der Waals surface area (Å²) in [6.07, 6.45) is 12.7. The molecule has 8 heteroatoms. The second kappa shape index (κ2) is 11.9. The van der Waals surface area contributed by atoms with Crippen molar-refractivity contribution in [2.24, 2.45) is 0 Å². The molecule has 1 saturated carbocycles. The van der Waals surface area contributed by atoms with E-state index >= 15 is 0 Å². The van der Waals surface area contributed by atoms with Crippen LogP contribution in [0.2, 0.25) is 0 Å². The van der Waals surface area contributed by atoms with Gasteiger partial charge in [-0.05, 0) is 62.6 Å². The maximum atomic E-state index is 6.44. The summed E-state index contributed by atoms with van der Waals surface area (Å²) in [5.41, 5.74) is 11.6. The molecule has 4 heterocycles. The van der Waals surface area contributed by atoms with Crippen molar-refractivity contribution in [2.45, 2.75) is 110 Å². The van der Waals surface area contributed by atoms with Gasteiger partial charge in [0.25, 0.3) is 0 Å². The molecule has 1 aromatic carbocycles. The summed E-state index contributed by atoms with van der Waals surface area (Å²) >= 11 is 0. The van der Waals surface area contributed by atoms with Gasteiger partial charge in [0.15, 0.2) is 0 Å². The van der Waals surface area contributed by atoms with Crippen LogP contribution in [-0.4, -0.2) is 54.1 Å². The fourth-order valence-electron chi connectivity index (χ4n) is 5.97. The highest BCUT2D eigenvalue weighted by molar-refractivity contribution is 5.94. The zero-order chi connectivity index (χ0) is 29.3. The largest absolute Gasteiger partial charge is 0.383 e. The lowest BCUT2D eigenvalue weighted by molar-refractivity contribution is -0.0310. The third kappa shape index (κ3) is 6.19.